The Morgan fingerprint density at radius 1 is 0.955 bits per heavy atom. The molecule has 1 nitrogen and oxygen atoms in total. The number of fused-ring (bicyclic) bond motifs is 1. The van der Waals surface area contributed by atoms with Gasteiger partial charge in [-0.15, -0.1) is 0 Å². The van der Waals surface area contributed by atoms with E-state index < -0.39 is 0 Å². The summed E-state index contributed by atoms with van der Waals surface area (Å²) in [6.07, 6.45) is 7.01. The summed E-state index contributed by atoms with van der Waals surface area (Å²) >= 11 is 0. The molecule has 1 heteroatoms. The SMILES string of the molecule is Cc1ccc2cc(CC3CCCN(CC4CC4)C3)ccc2c1. The molecule has 1 unspecified atom stereocenters. The van der Waals surface area contributed by atoms with Gasteiger partial charge in [0.05, 0.1) is 0 Å². The second-order valence-corrected chi connectivity index (χ2v) is 7.60. The molecule has 4 rings (SSSR count). The van der Waals surface area contributed by atoms with Gasteiger partial charge in [-0.3, -0.25) is 0 Å². The molecule has 2 fully saturated rings. The van der Waals surface area contributed by atoms with Crippen LogP contribution in [0.4, 0.5) is 0 Å². The zero-order valence-electron chi connectivity index (χ0n) is 13.7. The fraction of sp³-hybridized carbons (Fsp3) is 0.524. The van der Waals surface area contributed by atoms with E-state index >= 15 is 0 Å². The maximum Gasteiger partial charge on any atom is 0.00130 e. The van der Waals surface area contributed by atoms with E-state index in [0.29, 0.717) is 0 Å². The number of nitrogens with zero attached hydrogens (tertiary/aromatic N) is 1. The minimum Gasteiger partial charge on any atom is -0.303 e. The van der Waals surface area contributed by atoms with Crippen molar-refractivity contribution in [2.45, 2.75) is 39.0 Å². The molecular weight excluding hydrogens is 266 g/mol. The average molecular weight is 293 g/mol. The lowest BCUT2D eigenvalue weighted by molar-refractivity contribution is 0.168. The second-order valence-electron chi connectivity index (χ2n) is 7.60. The molecule has 1 saturated carbocycles. The molecule has 1 aliphatic carbocycles. The van der Waals surface area contributed by atoms with E-state index in [1.165, 1.54) is 73.6 Å². The van der Waals surface area contributed by atoms with Gasteiger partial charge >= 0.3 is 0 Å². The Kier molecular flexibility index (Phi) is 3.92. The Hall–Kier alpha value is -1.34. The topological polar surface area (TPSA) is 3.24 Å². The molecule has 22 heavy (non-hydrogen) atoms. The van der Waals surface area contributed by atoms with Crippen LogP contribution in [0.15, 0.2) is 36.4 Å². The molecule has 2 aromatic rings. The van der Waals surface area contributed by atoms with Crippen LogP contribution in [-0.2, 0) is 6.42 Å². The van der Waals surface area contributed by atoms with Crippen LogP contribution in [-0.4, -0.2) is 24.5 Å². The quantitative estimate of drug-likeness (QED) is 0.781. The lowest BCUT2D eigenvalue weighted by atomic mass is 9.90. The average Bonchev–Trinajstić information content (AvgIpc) is 3.32. The molecule has 0 N–H and O–H groups in total. The third kappa shape index (κ3) is 3.35. The molecule has 0 amide bonds. The molecule has 0 aromatic heterocycles. The van der Waals surface area contributed by atoms with Gasteiger partial charge in [-0.2, -0.15) is 0 Å². The first kappa shape index (κ1) is 14.3. The second kappa shape index (κ2) is 6.04. The Balaban J connectivity index is 1.44. The Morgan fingerprint density at radius 2 is 1.77 bits per heavy atom. The highest BCUT2D eigenvalue weighted by Gasteiger charge is 2.27. The minimum atomic E-state index is 0.857. The number of hydrogen-bond donors (Lipinski definition) is 0. The van der Waals surface area contributed by atoms with Crippen molar-refractivity contribution in [2.24, 2.45) is 11.8 Å². The third-order valence-electron chi connectivity index (χ3n) is 5.40. The number of aryl methyl sites for hydroxylation is 1. The van der Waals surface area contributed by atoms with Crippen LogP contribution in [0.3, 0.4) is 0 Å². The summed E-state index contributed by atoms with van der Waals surface area (Å²) in [6, 6.07) is 13.9. The van der Waals surface area contributed by atoms with Crippen molar-refractivity contribution in [2.75, 3.05) is 19.6 Å². The van der Waals surface area contributed by atoms with Crippen molar-refractivity contribution in [1.82, 2.24) is 4.90 Å². The van der Waals surface area contributed by atoms with Gasteiger partial charge < -0.3 is 4.90 Å². The van der Waals surface area contributed by atoms with E-state index in [1.54, 1.807) is 0 Å². The molecule has 1 aliphatic heterocycles. The molecule has 1 heterocycles. The van der Waals surface area contributed by atoms with Crippen molar-refractivity contribution in [1.29, 1.82) is 0 Å². The number of rotatable bonds is 4. The lowest BCUT2D eigenvalue weighted by Crippen LogP contribution is -2.37. The van der Waals surface area contributed by atoms with Crippen molar-refractivity contribution in [3.8, 4) is 0 Å². The van der Waals surface area contributed by atoms with Crippen LogP contribution >= 0.6 is 0 Å². The third-order valence-corrected chi connectivity index (χ3v) is 5.40. The summed E-state index contributed by atoms with van der Waals surface area (Å²) in [6.45, 7) is 6.20. The van der Waals surface area contributed by atoms with E-state index in [9.17, 15) is 0 Å². The Morgan fingerprint density at radius 3 is 2.64 bits per heavy atom. The number of hydrogen-bond acceptors (Lipinski definition) is 1. The fourth-order valence-corrected chi connectivity index (χ4v) is 4.02. The van der Waals surface area contributed by atoms with E-state index in [2.05, 4.69) is 48.2 Å². The summed E-state index contributed by atoms with van der Waals surface area (Å²) < 4.78 is 0. The first-order valence-corrected chi connectivity index (χ1v) is 8.98. The number of piperidine rings is 1. The normalized spacial score (nSPS) is 23.0. The standard InChI is InChI=1S/C21H27N/c1-16-4-8-21-13-18(7-9-20(21)11-16)12-19-3-2-10-22(15-19)14-17-5-6-17/h4,7-9,11,13,17,19H,2-3,5-6,10,12,14-15H2,1H3. The first-order chi connectivity index (χ1) is 10.8. The van der Waals surface area contributed by atoms with Crippen molar-refractivity contribution < 1.29 is 0 Å². The largest absolute Gasteiger partial charge is 0.303 e. The molecule has 0 spiro atoms. The fourth-order valence-electron chi connectivity index (χ4n) is 4.02. The Labute approximate surface area is 134 Å². The summed E-state index contributed by atoms with van der Waals surface area (Å²) in [5.41, 5.74) is 2.87. The van der Waals surface area contributed by atoms with Crippen molar-refractivity contribution in [3.63, 3.8) is 0 Å². The van der Waals surface area contributed by atoms with E-state index in [-0.39, 0.29) is 0 Å². The van der Waals surface area contributed by atoms with Gasteiger partial charge in [-0.1, -0.05) is 42.0 Å². The molecule has 0 radical (unpaired) electrons. The lowest BCUT2D eigenvalue weighted by Gasteiger charge is -2.33. The van der Waals surface area contributed by atoms with E-state index in [0.717, 1.165) is 11.8 Å². The maximum atomic E-state index is 2.73. The monoisotopic (exact) mass is 293 g/mol. The molecule has 1 saturated heterocycles. The van der Waals surface area contributed by atoms with Gasteiger partial charge in [-0.25, -0.2) is 0 Å². The summed E-state index contributed by atoms with van der Waals surface area (Å²) in [4.78, 5) is 2.73. The van der Waals surface area contributed by atoms with E-state index in [1.807, 2.05) is 0 Å². The highest BCUT2D eigenvalue weighted by Crippen LogP contribution is 2.32. The van der Waals surface area contributed by atoms with Crippen LogP contribution in [0.2, 0.25) is 0 Å². The van der Waals surface area contributed by atoms with Crippen molar-refractivity contribution >= 4 is 10.8 Å². The van der Waals surface area contributed by atoms with Crippen LogP contribution in [0.25, 0.3) is 10.8 Å². The molecule has 1 atom stereocenters. The predicted octanol–water partition coefficient (Wildman–Crippen LogP) is 4.81. The minimum absolute atomic E-state index is 0.857. The van der Waals surface area contributed by atoms with Crippen LogP contribution < -0.4 is 0 Å². The molecule has 2 aliphatic rings. The summed E-state index contributed by atoms with van der Waals surface area (Å²) in [5, 5.41) is 2.77. The number of benzene rings is 2. The zero-order valence-corrected chi connectivity index (χ0v) is 13.7. The van der Waals surface area contributed by atoms with E-state index in [4.69, 9.17) is 0 Å². The van der Waals surface area contributed by atoms with Gasteiger partial charge in [0.25, 0.3) is 0 Å². The van der Waals surface area contributed by atoms with Crippen molar-refractivity contribution in [3.05, 3.63) is 47.5 Å². The summed E-state index contributed by atoms with van der Waals surface area (Å²) in [7, 11) is 0. The smallest absolute Gasteiger partial charge is 0.00130 e. The predicted molar refractivity (Wildman–Crippen MR) is 94.3 cm³/mol. The van der Waals surface area contributed by atoms with Crippen LogP contribution in [0.5, 0.6) is 0 Å². The van der Waals surface area contributed by atoms with Gasteiger partial charge in [-0.05, 0) is 73.7 Å². The molecule has 2 aromatic carbocycles. The molecule has 116 valence electrons. The highest BCUT2D eigenvalue weighted by atomic mass is 15.1. The maximum absolute atomic E-state index is 2.73. The highest BCUT2D eigenvalue weighted by molar-refractivity contribution is 5.83. The number of likely N-dealkylation sites (tertiary alicyclic amines) is 1. The Bertz CT molecular complexity index is 656. The van der Waals surface area contributed by atoms with Gasteiger partial charge in [0.1, 0.15) is 0 Å². The van der Waals surface area contributed by atoms with Gasteiger partial charge in [0, 0.05) is 13.1 Å². The molecule has 0 bridgehead atoms. The summed E-state index contributed by atoms with van der Waals surface area (Å²) in [5.74, 6) is 1.89. The van der Waals surface area contributed by atoms with Crippen LogP contribution in [0, 0.1) is 18.8 Å². The first-order valence-electron chi connectivity index (χ1n) is 8.98. The van der Waals surface area contributed by atoms with Crippen LogP contribution in [0.1, 0.15) is 36.8 Å². The van der Waals surface area contributed by atoms with Gasteiger partial charge in [0.2, 0.25) is 0 Å². The zero-order chi connectivity index (χ0) is 14.9. The molecular formula is C21H27N. The van der Waals surface area contributed by atoms with Gasteiger partial charge in [0.15, 0.2) is 0 Å².